The number of carbonyl (C=O) groups is 1. The molecule has 1 aromatic heterocycles. The number of nitrogens with zero attached hydrogens (tertiary/aromatic N) is 5. The first-order valence-corrected chi connectivity index (χ1v) is 7.35. The molecular formula is C14H16N6O3. The quantitative estimate of drug-likeness (QED) is 0.635. The number of non-ortho nitro benzene ring substituents is 1. The lowest BCUT2D eigenvalue weighted by molar-refractivity contribution is -0.384. The molecule has 0 radical (unpaired) electrons. The molecule has 1 aromatic carbocycles. The van der Waals surface area contributed by atoms with Gasteiger partial charge in [-0.2, -0.15) is 0 Å². The molecule has 0 bridgehead atoms. The number of hydrogen-bond acceptors (Lipinski definition) is 6. The van der Waals surface area contributed by atoms with E-state index in [2.05, 4.69) is 20.8 Å². The van der Waals surface area contributed by atoms with Crippen molar-refractivity contribution in [2.45, 2.75) is 38.3 Å². The summed E-state index contributed by atoms with van der Waals surface area (Å²) < 4.78 is 1.73. The number of nitrogens with one attached hydrogen (secondary N) is 1. The largest absolute Gasteiger partial charge is 0.348 e. The average Bonchev–Trinajstić information content (AvgIpc) is 3.30. The summed E-state index contributed by atoms with van der Waals surface area (Å²) in [6.07, 6.45) is 2.10. The van der Waals surface area contributed by atoms with Gasteiger partial charge in [0.25, 0.3) is 5.69 Å². The zero-order valence-corrected chi connectivity index (χ0v) is 12.5. The minimum absolute atomic E-state index is 0.0279. The van der Waals surface area contributed by atoms with Crippen molar-refractivity contribution >= 4 is 11.6 Å². The van der Waals surface area contributed by atoms with Gasteiger partial charge in [0.2, 0.25) is 5.91 Å². The predicted molar refractivity (Wildman–Crippen MR) is 79.4 cm³/mol. The first-order chi connectivity index (χ1) is 11.1. The Morgan fingerprint density at radius 1 is 1.52 bits per heavy atom. The van der Waals surface area contributed by atoms with E-state index < -0.39 is 10.8 Å². The molecule has 0 spiro atoms. The van der Waals surface area contributed by atoms with E-state index in [0.717, 1.165) is 12.8 Å². The van der Waals surface area contributed by atoms with Gasteiger partial charge in [0.05, 0.1) is 23.4 Å². The molecule has 1 N–H and O–H groups in total. The van der Waals surface area contributed by atoms with Gasteiger partial charge in [-0.15, -0.1) is 5.10 Å². The smallest absolute Gasteiger partial charge is 0.269 e. The van der Waals surface area contributed by atoms with E-state index in [0.29, 0.717) is 17.4 Å². The first-order valence-electron chi connectivity index (χ1n) is 7.35. The Balaban J connectivity index is 1.64. The van der Waals surface area contributed by atoms with Gasteiger partial charge in [-0.1, -0.05) is 12.1 Å². The maximum absolute atomic E-state index is 12.3. The van der Waals surface area contributed by atoms with Gasteiger partial charge in [-0.3, -0.25) is 14.9 Å². The second kappa shape index (κ2) is 6.11. The Labute approximate surface area is 131 Å². The van der Waals surface area contributed by atoms with E-state index in [1.54, 1.807) is 23.7 Å². The number of hydrogen-bond donors (Lipinski definition) is 1. The summed E-state index contributed by atoms with van der Waals surface area (Å²) in [5, 5.41) is 25.1. The van der Waals surface area contributed by atoms with Crippen LogP contribution in [0.3, 0.4) is 0 Å². The minimum atomic E-state index is -0.500. The summed E-state index contributed by atoms with van der Waals surface area (Å²) in [5.74, 6) is -0.108. The fourth-order valence-electron chi connectivity index (χ4n) is 2.31. The maximum Gasteiger partial charge on any atom is 0.269 e. The lowest BCUT2D eigenvalue weighted by Gasteiger charge is -2.12. The number of amides is 1. The van der Waals surface area contributed by atoms with Crippen LogP contribution in [0.1, 0.15) is 43.1 Å². The topological polar surface area (TPSA) is 116 Å². The van der Waals surface area contributed by atoms with Crippen molar-refractivity contribution < 1.29 is 9.72 Å². The predicted octanol–water partition coefficient (Wildman–Crippen LogP) is 1.34. The van der Waals surface area contributed by atoms with E-state index in [1.807, 2.05) is 0 Å². The van der Waals surface area contributed by atoms with Crippen LogP contribution in [0, 0.1) is 10.1 Å². The first kappa shape index (κ1) is 15.1. The molecule has 1 aliphatic rings. The summed E-state index contributed by atoms with van der Waals surface area (Å²) in [7, 11) is 0. The molecule has 9 heteroatoms. The van der Waals surface area contributed by atoms with E-state index in [-0.39, 0.29) is 18.1 Å². The Morgan fingerprint density at radius 3 is 3.00 bits per heavy atom. The summed E-state index contributed by atoms with van der Waals surface area (Å²) >= 11 is 0. The van der Waals surface area contributed by atoms with Crippen LogP contribution in [0.2, 0.25) is 0 Å². The fraction of sp³-hybridized carbons (Fsp3) is 0.429. The second-order valence-electron chi connectivity index (χ2n) is 5.56. The summed E-state index contributed by atoms with van der Waals surface area (Å²) in [5.41, 5.74) is 0.568. The van der Waals surface area contributed by atoms with E-state index in [1.165, 1.54) is 12.1 Å². The van der Waals surface area contributed by atoms with Crippen LogP contribution in [0.4, 0.5) is 5.69 Å². The van der Waals surface area contributed by atoms with E-state index >= 15 is 0 Å². The van der Waals surface area contributed by atoms with Crippen LogP contribution in [0.25, 0.3) is 0 Å². The molecular weight excluding hydrogens is 300 g/mol. The minimum Gasteiger partial charge on any atom is -0.348 e. The van der Waals surface area contributed by atoms with Gasteiger partial charge in [0.15, 0.2) is 5.82 Å². The molecule has 9 nitrogen and oxygen atoms in total. The highest BCUT2D eigenvalue weighted by atomic mass is 16.6. The van der Waals surface area contributed by atoms with Crippen LogP contribution in [-0.2, 0) is 11.3 Å². The molecule has 1 amide bonds. The van der Waals surface area contributed by atoms with Crippen LogP contribution in [0.5, 0.6) is 0 Å². The second-order valence-corrected chi connectivity index (χ2v) is 5.56. The zero-order valence-electron chi connectivity index (χ0n) is 12.5. The number of nitro groups is 1. The maximum atomic E-state index is 12.3. The fourth-order valence-corrected chi connectivity index (χ4v) is 2.31. The summed E-state index contributed by atoms with van der Waals surface area (Å²) in [6.45, 7) is 1.94. The standard InChI is InChI=1S/C14H16N6O3/c1-9(10-3-2-4-12(7-10)20(22)23)14(21)15-8-13-16-17-18-19(13)11-5-6-11/h2-4,7,9,11H,5-6,8H2,1H3,(H,15,21). The van der Waals surface area contributed by atoms with E-state index in [9.17, 15) is 14.9 Å². The lowest BCUT2D eigenvalue weighted by Crippen LogP contribution is -2.29. The number of benzene rings is 1. The van der Waals surface area contributed by atoms with Crippen LogP contribution >= 0.6 is 0 Å². The highest BCUT2D eigenvalue weighted by molar-refractivity contribution is 5.83. The van der Waals surface area contributed by atoms with Crippen LogP contribution < -0.4 is 5.32 Å². The van der Waals surface area contributed by atoms with Crippen molar-refractivity contribution in [2.75, 3.05) is 0 Å². The molecule has 1 saturated carbocycles. The SMILES string of the molecule is CC(C(=O)NCc1nnnn1C1CC1)c1cccc([N+](=O)[O-])c1. The van der Waals surface area contributed by atoms with Crippen molar-refractivity contribution in [3.05, 3.63) is 45.8 Å². The number of rotatable bonds is 6. The van der Waals surface area contributed by atoms with Gasteiger partial charge in [-0.25, -0.2) is 4.68 Å². The Bertz CT molecular complexity index is 740. The number of nitro benzene ring substituents is 1. The third-order valence-corrected chi connectivity index (χ3v) is 3.85. The van der Waals surface area contributed by atoms with Crippen molar-refractivity contribution in [2.24, 2.45) is 0 Å². The van der Waals surface area contributed by atoms with Gasteiger partial charge < -0.3 is 5.32 Å². The van der Waals surface area contributed by atoms with Gasteiger partial charge >= 0.3 is 0 Å². The van der Waals surface area contributed by atoms with Gasteiger partial charge in [0, 0.05) is 12.1 Å². The van der Waals surface area contributed by atoms with Gasteiger partial charge in [-0.05, 0) is 35.8 Å². The molecule has 23 heavy (non-hydrogen) atoms. The Kier molecular flexibility index (Phi) is 4.00. The lowest BCUT2D eigenvalue weighted by atomic mass is 10.00. The third-order valence-electron chi connectivity index (χ3n) is 3.85. The molecule has 3 rings (SSSR count). The Hall–Kier alpha value is -2.84. The van der Waals surface area contributed by atoms with Crippen molar-refractivity contribution in [3.8, 4) is 0 Å². The molecule has 120 valence electrons. The number of aromatic nitrogens is 4. The number of carbonyl (C=O) groups excluding carboxylic acids is 1. The molecule has 1 aliphatic carbocycles. The monoisotopic (exact) mass is 316 g/mol. The van der Waals surface area contributed by atoms with Crippen LogP contribution in [-0.4, -0.2) is 31.0 Å². The van der Waals surface area contributed by atoms with Crippen molar-refractivity contribution in [1.82, 2.24) is 25.5 Å². The molecule has 1 unspecified atom stereocenters. The van der Waals surface area contributed by atoms with Crippen molar-refractivity contribution in [3.63, 3.8) is 0 Å². The van der Waals surface area contributed by atoms with Gasteiger partial charge in [0.1, 0.15) is 0 Å². The molecule has 0 aliphatic heterocycles. The molecule has 0 saturated heterocycles. The van der Waals surface area contributed by atoms with Crippen LogP contribution in [0.15, 0.2) is 24.3 Å². The molecule has 1 atom stereocenters. The van der Waals surface area contributed by atoms with E-state index in [4.69, 9.17) is 0 Å². The highest BCUT2D eigenvalue weighted by Crippen LogP contribution is 2.34. The average molecular weight is 316 g/mol. The molecule has 1 heterocycles. The third kappa shape index (κ3) is 3.33. The number of tetrazole rings is 1. The molecule has 1 fully saturated rings. The summed E-state index contributed by atoms with van der Waals surface area (Å²) in [6, 6.07) is 6.43. The summed E-state index contributed by atoms with van der Waals surface area (Å²) in [4.78, 5) is 22.6. The normalized spacial score (nSPS) is 15.2. The zero-order chi connectivity index (χ0) is 16.4. The highest BCUT2D eigenvalue weighted by Gasteiger charge is 2.28. The van der Waals surface area contributed by atoms with Crippen molar-refractivity contribution in [1.29, 1.82) is 0 Å². The molecule has 2 aromatic rings. The Morgan fingerprint density at radius 2 is 2.30 bits per heavy atom.